The molecule has 0 unspecified atom stereocenters. The van der Waals surface area contributed by atoms with E-state index in [1.807, 2.05) is 6.92 Å². The molecule has 1 aliphatic rings. The fourth-order valence-corrected chi connectivity index (χ4v) is 2.93. The molecule has 0 saturated carbocycles. The third kappa shape index (κ3) is 4.62. The van der Waals surface area contributed by atoms with Crippen LogP contribution in [0.3, 0.4) is 0 Å². The SMILES string of the molecule is CCCn1c(N)c(N(CCN2CCOCC2)C(=O)CCl)c(=O)[nH]c1=O. The molecular formula is C15H24ClN5O4. The number of anilines is 2. The fourth-order valence-electron chi connectivity index (χ4n) is 2.78. The molecule has 10 heteroatoms. The Hall–Kier alpha value is -1.84. The summed E-state index contributed by atoms with van der Waals surface area (Å²) in [5.74, 6) is -0.737. The Morgan fingerprint density at radius 1 is 1.32 bits per heavy atom. The number of nitrogen functional groups attached to an aromatic ring is 1. The number of carbonyl (C=O) groups is 1. The van der Waals surface area contributed by atoms with Gasteiger partial charge in [0.1, 0.15) is 11.7 Å². The molecule has 1 saturated heterocycles. The molecule has 0 atom stereocenters. The van der Waals surface area contributed by atoms with Crippen molar-refractivity contribution in [2.45, 2.75) is 19.9 Å². The van der Waals surface area contributed by atoms with Crippen LogP contribution in [0.15, 0.2) is 9.59 Å². The van der Waals surface area contributed by atoms with Gasteiger partial charge in [0.15, 0.2) is 5.69 Å². The van der Waals surface area contributed by atoms with Gasteiger partial charge in [-0.05, 0) is 6.42 Å². The first-order valence-corrected chi connectivity index (χ1v) is 8.82. The molecule has 0 radical (unpaired) electrons. The van der Waals surface area contributed by atoms with Gasteiger partial charge in [-0.3, -0.25) is 24.0 Å². The maximum Gasteiger partial charge on any atom is 0.330 e. The van der Waals surface area contributed by atoms with E-state index in [1.165, 1.54) is 9.47 Å². The van der Waals surface area contributed by atoms with Crippen molar-refractivity contribution in [3.8, 4) is 0 Å². The van der Waals surface area contributed by atoms with E-state index in [0.717, 1.165) is 13.1 Å². The van der Waals surface area contributed by atoms with Gasteiger partial charge in [-0.1, -0.05) is 6.92 Å². The Morgan fingerprint density at radius 3 is 2.60 bits per heavy atom. The zero-order valence-electron chi connectivity index (χ0n) is 14.3. The average Bonchev–Trinajstić information content (AvgIpc) is 2.61. The van der Waals surface area contributed by atoms with Crippen molar-refractivity contribution in [2.75, 3.05) is 55.9 Å². The lowest BCUT2D eigenvalue weighted by Gasteiger charge is -2.30. The number of alkyl halides is 1. The first kappa shape index (κ1) is 19.5. The summed E-state index contributed by atoms with van der Waals surface area (Å²) in [5, 5.41) is 0. The number of carbonyl (C=O) groups excluding carboxylic acids is 1. The zero-order chi connectivity index (χ0) is 18.4. The number of amides is 1. The van der Waals surface area contributed by atoms with E-state index in [2.05, 4.69) is 9.88 Å². The zero-order valence-corrected chi connectivity index (χ0v) is 15.0. The summed E-state index contributed by atoms with van der Waals surface area (Å²) < 4.78 is 6.56. The second-order valence-corrected chi connectivity index (χ2v) is 6.05. The largest absolute Gasteiger partial charge is 0.383 e. The molecule has 0 aliphatic carbocycles. The molecule has 140 valence electrons. The number of nitrogens with two attached hydrogens (primary N) is 1. The minimum atomic E-state index is -0.685. The van der Waals surface area contributed by atoms with Crippen LogP contribution in [-0.2, 0) is 16.1 Å². The quantitative estimate of drug-likeness (QED) is 0.619. The molecule has 0 bridgehead atoms. The summed E-state index contributed by atoms with van der Waals surface area (Å²) >= 11 is 5.71. The number of hydrogen-bond donors (Lipinski definition) is 2. The predicted molar refractivity (Wildman–Crippen MR) is 96.4 cm³/mol. The fraction of sp³-hybridized carbons (Fsp3) is 0.667. The molecule has 1 fully saturated rings. The van der Waals surface area contributed by atoms with Gasteiger partial charge in [0.2, 0.25) is 5.91 Å². The minimum absolute atomic E-state index is 0.0176. The van der Waals surface area contributed by atoms with Gasteiger partial charge < -0.3 is 15.4 Å². The number of nitrogens with zero attached hydrogens (tertiary/aromatic N) is 3. The van der Waals surface area contributed by atoms with Crippen LogP contribution in [0, 0.1) is 0 Å². The first-order valence-electron chi connectivity index (χ1n) is 8.28. The predicted octanol–water partition coefficient (Wildman–Crippen LogP) is -0.567. The standard InChI is InChI=1S/C15H24ClN5O4/c1-2-3-21-13(17)12(14(23)18-15(21)24)20(11(22)10-16)5-4-19-6-8-25-9-7-19/h2-10,17H2,1H3,(H,18,23,24). The van der Waals surface area contributed by atoms with Crippen molar-refractivity contribution in [3.05, 3.63) is 20.8 Å². The maximum absolute atomic E-state index is 12.3. The molecule has 2 rings (SSSR count). The minimum Gasteiger partial charge on any atom is -0.383 e. The smallest absolute Gasteiger partial charge is 0.330 e. The molecular weight excluding hydrogens is 350 g/mol. The third-order valence-electron chi connectivity index (χ3n) is 4.09. The van der Waals surface area contributed by atoms with Crippen LogP contribution in [0.1, 0.15) is 13.3 Å². The van der Waals surface area contributed by atoms with Gasteiger partial charge in [0, 0.05) is 32.7 Å². The molecule has 0 aromatic carbocycles. The topological polar surface area (TPSA) is 114 Å². The van der Waals surface area contributed by atoms with Crippen molar-refractivity contribution < 1.29 is 9.53 Å². The van der Waals surface area contributed by atoms with E-state index < -0.39 is 17.2 Å². The van der Waals surface area contributed by atoms with Gasteiger partial charge in [-0.25, -0.2) is 4.79 Å². The molecule has 1 aliphatic heterocycles. The highest BCUT2D eigenvalue weighted by molar-refractivity contribution is 6.29. The number of hydrogen-bond acceptors (Lipinski definition) is 6. The summed E-state index contributed by atoms with van der Waals surface area (Å²) in [6, 6.07) is 0. The highest BCUT2D eigenvalue weighted by Gasteiger charge is 2.24. The van der Waals surface area contributed by atoms with E-state index in [4.69, 9.17) is 22.1 Å². The molecule has 1 aromatic rings. The molecule has 1 amide bonds. The van der Waals surface area contributed by atoms with Gasteiger partial charge in [-0.2, -0.15) is 0 Å². The van der Waals surface area contributed by atoms with Crippen molar-refractivity contribution in [1.82, 2.24) is 14.5 Å². The van der Waals surface area contributed by atoms with Crippen LogP contribution in [-0.4, -0.2) is 65.6 Å². The summed E-state index contributed by atoms with van der Waals surface area (Å²) in [4.78, 5) is 42.2. The Labute approximate surface area is 150 Å². The first-order chi connectivity index (χ1) is 12.0. The number of rotatable bonds is 7. The Bertz CT molecular complexity index is 711. The number of ether oxygens (including phenoxy) is 1. The van der Waals surface area contributed by atoms with Crippen LogP contribution in [0.2, 0.25) is 0 Å². The second-order valence-electron chi connectivity index (χ2n) is 5.78. The lowest BCUT2D eigenvalue weighted by molar-refractivity contribution is -0.116. The second kappa shape index (κ2) is 9.02. The molecule has 0 spiro atoms. The van der Waals surface area contributed by atoms with Gasteiger partial charge >= 0.3 is 5.69 Å². The number of halogens is 1. The normalized spacial score (nSPS) is 15.3. The Balaban J connectivity index is 2.33. The average molecular weight is 374 g/mol. The lowest BCUT2D eigenvalue weighted by Crippen LogP contribution is -2.46. The number of aromatic nitrogens is 2. The number of aromatic amines is 1. The van der Waals surface area contributed by atoms with E-state index in [9.17, 15) is 14.4 Å². The van der Waals surface area contributed by atoms with Crippen LogP contribution in [0.4, 0.5) is 11.5 Å². The molecule has 2 heterocycles. The highest BCUT2D eigenvalue weighted by atomic mass is 35.5. The molecule has 9 nitrogen and oxygen atoms in total. The maximum atomic E-state index is 12.3. The van der Waals surface area contributed by atoms with Crippen molar-refractivity contribution in [3.63, 3.8) is 0 Å². The van der Waals surface area contributed by atoms with E-state index in [0.29, 0.717) is 32.7 Å². The lowest BCUT2D eigenvalue weighted by atomic mass is 10.3. The monoisotopic (exact) mass is 373 g/mol. The van der Waals surface area contributed by atoms with E-state index in [1.54, 1.807) is 0 Å². The van der Waals surface area contributed by atoms with Crippen LogP contribution < -0.4 is 21.9 Å². The number of nitrogens with one attached hydrogen (secondary N) is 1. The van der Waals surface area contributed by atoms with Gasteiger partial charge in [0.25, 0.3) is 5.56 Å². The highest BCUT2D eigenvalue weighted by Crippen LogP contribution is 2.17. The molecule has 3 N–H and O–H groups in total. The summed E-state index contributed by atoms with van der Waals surface area (Å²) in [7, 11) is 0. The molecule has 25 heavy (non-hydrogen) atoms. The van der Waals surface area contributed by atoms with Gasteiger partial charge in [-0.15, -0.1) is 11.6 Å². The summed E-state index contributed by atoms with van der Waals surface area (Å²) in [6.07, 6.45) is 0.660. The van der Waals surface area contributed by atoms with Gasteiger partial charge in [0.05, 0.1) is 13.2 Å². The van der Waals surface area contributed by atoms with Crippen LogP contribution in [0.25, 0.3) is 0 Å². The van der Waals surface area contributed by atoms with E-state index >= 15 is 0 Å². The van der Waals surface area contributed by atoms with Crippen molar-refractivity contribution in [1.29, 1.82) is 0 Å². The van der Waals surface area contributed by atoms with Crippen LogP contribution >= 0.6 is 11.6 Å². The van der Waals surface area contributed by atoms with E-state index in [-0.39, 0.29) is 23.9 Å². The number of H-pyrrole nitrogens is 1. The summed E-state index contributed by atoms with van der Waals surface area (Å²) in [6.45, 7) is 5.81. The third-order valence-corrected chi connectivity index (χ3v) is 4.32. The summed E-state index contributed by atoms with van der Waals surface area (Å²) in [5.41, 5.74) is 4.76. The molecule has 1 aromatic heterocycles. The van der Waals surface area contributed by atoms with Crippen molar-refractivity contribution in [2.24, 2.45) is 0 Å². The van der Waals surface area contributed by atoms with Crippen molar-refractivity contribution >= 4 is 29.0 Å². The Kier molecular flexibility index (Phi) is 7.03. The van der Waals surface area contributed by atoms with Crippen LogP contribution in [0.5, 0.6) is 0 Å². The number of morpholine rings is 1. The Morgan fingerprint density at radius 2 is 2.00 bits per heavy atom.